The van der Waals surface area contributed by atoms with Crippen LogP contribution >= 0.6 is 0 Å². The van der Waals surface area contributed by atoms with Crippen molar-refractivity contribution in [3.05, 3.63) is 24.3 Å². The van der Waals surface area contributed by atoms with Crippen LogP contribution in [-0.4, -0.2) is 16.3 Å². The number of benzene rings is 1. The zero-order valence-corrected chi connectivity index (χ0v) is 9.75. The highest BCUT2D eigenvalue weighted by Crippen LogP contribution is 2.29. The van der Waals surface area contributed by atoms with Crippen LogP contribution in [0.2, 0.25) is 0 Å². The van der Waals surface area contributed by atoms with E-state index in [0.717, 1.165) is 23.4 Å². The zero-order chi connectivity index (χ0) is 10.9. The van der Waals surface area contributed by atoms with Gasteiger partial charge in [0, 0.05) is 12.7 Å². The highest BCUT2D eigenvalue weighted by Gasteiger charge is 2.17. The minimum atomic E-state index is -2.27. The van der Waals surface area contributed by atoms with Gasteiger partial charge in [-0.2, -0.15) is 4.36 Å². The first-order valence-electron chi connectivity index (χ1n) is 5.02. The second-order valence-electron chi connectivity index (χ2n) is 3.64. The summed E-state index contributed by atoms with van der Waals surface area (Å²) in [5.41, 5.74) is 0.809. The van der Waals surface area contributed by atoms with Crippen molar-refractivity contribution in [2.75, 3.05) is 6.26 Å². The monoisotopic (exact) mass is 222 g/mol. The molecule has 2 rings (SSSR count). The lowest BCUT2D eigenvalue weighted by molar-refractivity contribution is 0.680. The van der Waals surface area contributed by atoms with Gasteiger partial charge in [-0.3, -0.25) is 0 Å². The fourth-order valence-electron chi connectivity index (χ4n) is 1.60. The summed E-state index contributed by atoms with van der Waals surface area (Å²) < 4.78 is 16.5. The SMILES string of the molecule is CCCC1=Nc2ccccc2S(C)(=O)=N1. The van der Waals surface area contributed by atoms with Gasteiger partial charge in [-0.1, -0.05) is 19.1 Å². The Morgan fingerprint density at radius 3 is 2.80 bits per heavy atom. The normalized spacial score (nSPS) is 24.0. The van der Waals surface area contributed by atoms with Gasteiger partial charge in [-0.05, 0) is 18.6 Å². The predicted octanol–water partition coefficient (Wildman–Crippen LogP) is 2.99. The smallest absolute Gasteiger partial charge is 0.139 e. The summed E-state index contributed by atoms with van der Waals surface area (Å²) in [4.78, 5) is 5.16. The summed E-state index contributed by atoms with van der Waals surface area (Å²) in [5, 5.41) is 0. The number of hydrogen-bond acceptors (Lipinski definition) is 3. The van der Waals surface area contributed by atoms with E-state index in [1.54, 1.807) is 6.26 Å². The Labute approximate surface area is 90.4 Å². The molecule has 15 heavy (non-hydrogen) atoms. The maximum Gasteiger partial charge on any atom is 0.139 e. The van der Waals surface area contributed by atoms with Gasteiger partial charge < -0.3 is 0 Å². The first kappa shape index (κ1) is 10.4. The molecule has 1 aliphatic rings. The summed E-state index contributed by atoms with van der Waals surface area (Å²) in [5.74, 6) is 0.712. The quantitative estimate of drug-likeness (QED) is 0.758. The second-order valence-corrected chi connectivity index (χ2v) is 5.87. The lowest BCUT2D eigenvalue weighted by Crippen LogP contribution is -2.08. The molecule has 0 saturated heterocycles. The Hall–Kier alpha value is -1.16. The number of aliphatic imine (C=N–C) groups is 1. The third kappa shape index (κ3) is 1.95. The summed E-state index contributed by atoms with van der Waals surface area (Å²) in [6.07, 6.45) is 3.44. The van der Waals surface area contributed by atoms with Crippen LogP contribution in [0.15, 0.2) is 38.5 Å². The first-order valence-corrected chi connectivity index (χ1v) is 6.94. The molecule has 0 spiro atoms. The van der Waals surface area contributed by atoms with Gasteiger partial charge in [0.15, 0.2) is 0 Å². The van der Waals surface area contributed by atoms with Gasteiger partial charge in [0.1, 0.15) is 5.84 Å². The van der Waals surface area contributed by atoms with Crippen molar-refractivity contribution in [3.8, 4) is 0 Å². The van der Waals surface area contributed by atoms with Gasteiger partial charge in [0.25, 0.3) is 0 Å². The van der Waals surface area contributed by atoms with Crippen LogP contribution < -0.4 is 0 Å². The largest absolute Gasteiger partial charge is 0.245 e. The molecule has 4 heteroatoms. The number of rotatable bonds is 2. The van der Waals surface area contributed by atoms with E-state index in [1.807, 2.05) is 24.3 Å². The molecule has 1 aromatic rings. The van der Waals surface area contributed by atoms with E-state index < -0.39 is 9.73 Å². The van der Waals surface area contributed by atoms with Crippen molar-refractivity contribution in [1.29, 1.82) is 0 Å². The van der Waals surface area contributed by atoms with Crippen LogP contribution in [0.25, 0.3) is 0 Å². The first-order chi connectivity index (χ1) is 7.13. The Kier molecular flexibility index (Phi) is 2.61. The Balaban J connectivity index is 2.61. The Morgan fingerprint density at radius 1 is 1.33 bits per heavy atom. The van der Waals surface area contributed by atoms with Crippen molar-refractivity contribution >= 4 is 21.3 Å². The van der Waals surface area contributed by atoms with Crippen LogP contribution in [0.4, 0.5) is 5.69 Å². The molecular weight excluding hydrogens is 208 g/mol. The predicted molar refractivity (Wildman–Crippen MR) is 63.2 cm³/mol. The van der Waals surface area contributed by atoms with Gasteiger partial charge in [-0.25, -0.2) is 9.20 Å². The van der Waals surface area contributed by atoms with Crippen molar-refractivity contribution < 1.29 is 4.21 Å². The fraction of sp³-hybridized carbons (Fsp3) is 0.364. The number of amidine groups is 1. The van der Waals surface area contributed by atoms with Crippen molar-refractivity contribution in [3.63, 3.8) is 0 Å². The van der Waals surface area contributed by atoms with Crippen LogP contribution in [0.5, 0.6) is 0 Å². The highest BCUT2D eigenvalue weighted by atomic mass is 32.2. The van der Waals surface area contributed by atoms with E-state index in [4.69, 9.17) is 0 Å². The molecule has 1 heterocycles. The minimum Gasteiger partial charge on any atom is -0.245 e. The summed E-state index contributed by atoms with van der Waals surface area (Å²) in [6.45, 7) is 2.07. The summed E-state index contributed by atoms with van der Waals surface area (Å²) in [6, 6.07) is 7.51. The second kappa shape index (κ2) is 3.77. The molecule has 1 aromatic carbocycles. The van der Waals surface area contributed by atoms with Gasteiger partial charge >= 0.3 is 0 Å². The molecule has 0 aromatic heterocycles. The lowest BCUT2D eigenvalue weighted by Gasteiger charge is -2.13. The van der Waals surface area contributed by atoms with Crippen molar-refractivity contribution in [2.45, 2.75) is 24.7 Å². The van der Waals surface area contributed by atoms with Crippen molar-refractivity contribution in [1.82, 2.24) is 0 Å². The standard InChI is InChI=1S/C11H14N2OS/c1-3-6-11-12-9-7-4-5-8-10(9)15(2,14)13-11/h4-5,7-8H,3,6H2,1-2H3. The molecule has 0 radical (unpaired) electrons. The maximum absolute atomic E-state index is 12.3. The molecule has 0 amide bonds. The fourth-order valence-corrected chi connectivity index (χ4v) is 3.07. The molecule has 0 bridgehead atoms. The lowest BCUT2D eigenvalue weighted by atomic mass is 10.3. The van der Waals surface area contributed by atoms with E-state index in [9.17, 15) is 4.21 Å². The van der Waals surface area contributed by atoms with Crippen LogP contribution in [0, 0.1) is 0 Å². The molecule has 0 N–H and O–H groups in total. The van der Waals surface area contributed by atoms with Crippen LogP contribution in [-0.2, 0) is 9.73 Å². The average molecular weight is 222 g/mol. The molecule has 80 valence electrons. The van der Waals surface area contributed by atoms with Gasteiger partial charge in [0.05, 0.1) is 20.3 Å². The molecule has 0 aliphatic carbocycles. The van der Waals surface area contributed by atoms with E-state index in [-0.39, 0.29) is 0 Å². The van der Waals surface area contributed by atoms with Crippen LogP contribution in [0.3, 0.4) is 0 Å². The maximum atomic E-state index is 12.3. The molecule has 1 aliphatic heterocycles. The highest BCUT2D eigenvalue weighted by molar-refractivity contribution is 7.93. The molecule has 0 saturated carbocycles. The van der Waals surface area contributed by atoms with E-state index >= 15 is 0 Å². The molecule has 1 atom stereocenters. The number of fused-ring (bicyclic) bond motifs is 1. The minimum absolute atomic E-state index is 0.712. The number of nitrogens with zero attached hydrogens (tertiary/aromatic N) is 2. The summed E-state index contributed by atoms with van der Waals surface area (Å²) >= 11 is 0. The Bertz CT molecular complexity index is 525. The van der Waals surface area contributed by atoms with Crippen LogP contribution in [0.1, 0.15) is 19.8 Å². The van der Waals surface area contributed by atoms with Gasteiger partial charge in [-0.15, -0.1) is 0 Å². The average Bonchev–Trinajstić information content (AvgIpc) is 2.17. The van der Waals surface area contributed by atoms with E-state index in [0.29, 0.717) is 5.84 Å². The molecule has 1 unspecified atom stereocenters. The van der Waals surface area contributed by atoms with Gasteiger partial charge in [0.2, 0.25) is 0 Å². The molecule has 3 nitrogen and oxygen atoms in total. The van der Waals surface area contributed by atoms with E-state index in [2.05, 4.69) is 16.3 Å². The number of para-hydroxylation sites is 1. The third-order valence-corrected chi connectivity index (χ3v) is 4.00. The van der Waals surface area contributed by atoms with E-state index in [1.165, 1.54) is 0 Å². The molecular formula is C11H14N2OS. The zero-order valence-electron chi connectivity index (χ0n) is 8.93. The number of hydrogen-bond donors (Lipinski definition) is 0. The Morgan fingerprint density at radius 2 is 2.07 bits per heavy atom. The molecule has 0 fully saturated rings. The van der Waals surface area contributed by atoms with Crippen molar-refractivity contribution in [2.24, 2.45) is 9.36 Å². The summed E-state index contributed by atoms with van der Waals surface area (Å²) in [7, 11) is -2.27. The topological polar surface area (TPSA) is 41.8 Å². The third-order valence-electron chi connectivity index (χ3n) is 2.28.